The molecule has 1 aromatic heterocycles. The zero-order chi connectivity index (χ0) is 12.1. The second kappa shape index (κ2) is 5.12. The molecule has 17 heavy (non-hydrogen) atoms. The molecule has 2 rings (SSSR count). The molecule has 1 heterocycles. The van der Waals surface area contributed by atoms with Crippen molar-refractivity contribution >= 4 is 11.8 Å². The molecule has 1 amide bonds. The van der Waals surface area contributed by atoms with Crippen LogP contribution in [0.3, 0.4) is 0 Å². The minimum absolute atomic E-state index is 0.501. The lowest BCUT2D eigenvalue weighted by molar-refractivity contribution is 0.187. The van der Waals surface area contributed by atoms with Crippen LogP contribution in [0, 0.1) is 0 Å². The van der Waals surface area contributed by atoms with Gasteiger partial charge in [0.05, 0.1) is 24.7 Å². The van der Waals surface area contributed by atoms with Crippen LogP contribution in [0.5, 0.6) is 0 Å². The molecule has 86 valence electrons. The third-order valence-electron chi connectivity index (χ3n) is 2.26. The van der Waals surface area contributed by atoms with Crippen LogP contribution in [0.4, 0.5) is 10.5 Å². The first-order valence-electron chi connectivity index (χ1n) is 5.16. The second-order valence-corrected chi connectivity index (χ2v) is 3.41. The average molecular weight is 228 g/mol. The third kappa shape index (κ3) is 2.81. The highest BCUT2D eigenvalue weighted by molar-refractivity contribution is 5.84. The summed E-state index contributed by atoms with van der Waals surface area (Å²) in [5.41, 5.74) is 2.51. The Kier molecular flexibility index (Phi) is 3.35. The minimum atomic E-state index is -0.501. The van der Waals surface area contributed by atoms with E-state index in [9.17, 15) is 4.79 Å². The Hall–Kier alpha value is -2.36. The molecule has 4 heteroatoms. The predicted molar refractivity (Wildman–Crippen MR) is 65.7 cm³/mol. The van der Waals surface area contributed by atoms with Gasteiger partial charge in [-0.05, 0) is 12.1 Å². The number of anilines is 1. The Morgan fingerprint density at radius 2 is 1.94 bits per heavy atom. The standard InChI is InChI=1S/C13H12N2O2/c1-17-13(16)15-11-7-8-12(14-9-11)10-5-3-2-4-6-10/h2-9H,1H3,(H,15,16). The summed E-state index contributed by atoms with van der Waals surface area (Å²) in [5, 5.41) is 2.55. The Balaban J connectivity index is 2.16. The van der Waals surface area contributed by atoms with E-state index < -0.39 is 6.09 Å². The first-order valence-corrected chi connectivity index (χ1v) is 5.16. The molecular formula is C13H12N2O2. The van der Waals surface area contributed by atoms with Gasteiger partial charge in [0.25, 0.3) is 0 Å². The number of ether oxygens (including phenoxy) is 1. The third-order valence-corrected chi connectivity index (χ3v) is 2.26. The van der Waals surface area contributed by atoms with Gasteiger partial charge in [0, 0.05) is 5.56 Å². The number of carbonyl (C=O) groups excluding carboxylic acids is 1. The number of nitrogens with zero attached hydrogens (tertiary/aromatic N) is 1. The first-order chi connectivity index (χ1) is 8.29. The van der Waals surface area contributed by atoms with Crippen molar-refractivity contribution in [1.82, 2.24) is 4.98 Å². The molecule has 1 aromatic carbocycles. The summed E-state index contributed by atoms with van der Waals surface area (Å²) in [6.07, 6.45) is 1.10. The zero-order valence-electron chi connectivity index (χ0n) is 9.38. The highest BCUT2D eigenvalue weighted by Crippen LogP contribution is 2.17. The number of hydrogen-bond donors (Lipinski definition) is 1. The van der Waals surface area contributed by atoms with Crippen LogP contribution >= 0.6 is 0 Å². The summed E-state index contributed by atoms with van der Waals surface area (Å²) in [7, 11) is 1.32. The lowest BCUT2D eigenvalue weighted by Crippen LogP contribution is -2.10. The number of benzene rings is 1. The van der Waals surface area contributed by atoms with E-state index in [1.54, 1.807) is 12.3 Å². The normalized spacial score (nSPS) is 9.71. The van der Waals surface area contributed by atoms with Crippen LogP contribution in [-0.2, 0) is 4.74 Å². The van der Waals surface area contributed by atoms with Gasteiger partial charge in [-0.1, -0.05) is 30.3 Å². The van der Waals surface area contributed by atoms with E-state index in [0.29, 0.717) is 5.69 Å². The molecule has 0 aliphatic rings. The molecule has 0 aliphatic carbocycles. The van der Waals surface area contributed by atoms with Crippen molar-refractivity contribution < 1.29 is 9.53 Å². The topological polar surface area (TPSA) is 51.2 Å². The molecule has 2 aromatic rings. The van der Waals surface area contributed by atoms with Crippen molar-refractivity contribution in [3.63, 3.8) is 0 Å². The molecule has 0 saturated heterocycles. The molecule has 0 unspecified atom stereocenters. The fraction of sp³-hybridized carbons (Fsp3) is 0.0769. The molecular weight excluding hydrogens is 216 g/mol. The second-order valence-electron chi connectivity index (χ2n) is 3.41. The van der Waals surface area contributed by atoms with Gasteiger partial charge in [-0.2, -0.15) is 0 Å². The van der Waals surface area contributed by atoms with Crippen LogP contribution in [0.15, 0.2) is 48.7 Å². The Morgan fingerprint density at radius 3 is 2.53 bits per heavy atom. The van der Waals surface area contributed by atoms with Crippen LogP contribution in [0.2, 0.25) is 0 Å². The van der Waals surface area contributed by atoms with E-state index >= 15 is 0 Å². The summed E-state index contributed by atoms with van der Waals surface area (Å²) in [5.74, 6) is 0. The van der Waals surface area contributed by atoms with Gasteiger partial charge in [-0.15, -0.1) is 0 Å². The van der Waals surface area contributed by atoms with Gasteiger partial charge in [0.1, 0.15) is 0 Å². The average Bonchev–Trinajstić information content (AvgIpc) is 2.40. The molecule has 0 saturated carbocycles. The Labute approximate surface area is 99.3 Å². The maximum Gasteiger partial charge on any atom is 0.411 e. The maximum absolute atomic E-state index is 11.0. The number of methoxy groups -OCH3 is 1. The van der Waals surface area contributed by atoms with Gasteiger partial charge in [-0.3, -0.25) is 10.3 Å². The van der Waals surface area contributed by atoms with Crippen molar-refractivity contribution in [1.29, 1.82) is 0 Å². The van der Waals surface area contributed by atoms with E-state index in [4.69, 9.17) is 0 Å². The van der Waals surface area contributed by atoms with Crippen molar-refractivity contribution in [2.45, 2.75) is 0 Å². The van der Waals surface area contributed by atoms with Crippen LogP contribution < -0.4 is 5.32 Å². The van der Waals surface area contributed by atoms with Crippen LogP contribution in [0.1, 0.15) is 0 Å². The summed E-state index contributed by atoms with van der Waals surface area (Å²) < 4.78 is 4.49. The number of pyridine rings is 1. The number of amides is 1. The van der Waals surface area contributed by atoms with Gasteiger partial charge < -0.3 is 4.74 Å². The van der Waals surface area contributed by atoms with Gasteiger partial charge >= 0.3 is 6.09 Å². The Morgan fingerprint density at radius 1 is 1.18 bits per heavy atom. The van der Waals surface area contributed by atoms with Crippen molar-refractivity contribution in [3.8, 4) is 11.3 Å². The molecule has 0 spiro atoms. The molecule has 1 N–H and O–H groups in total. The van der Waals surface area contributed by atoms with Crippen molar-refractivity contribution in [3.05, 3.63) is 48.7 Å². The lowest BCUT2D eigenvalue weighted by Gasteiger charge is -2.04. The lowest BCUT2D eigenvalue weighted by atomic mass is 10.1. The van der Waals surface area contributed by atoms with E-state index in [0.717, 1.165) is 11.3 Å². The van der Waals surface area contributed by atoms with E-state index in [-0.39, 0.29) is 0 Å². The van der Waals surface area contributed by atoms with Gasteiger partial charge in [0.15, 0.2) is 0 Å². The fourth-order valence-electron chi connectivity index (χ4n) is 1.42. The predicted octanol–water partition coefficient (Wildman–Crippen LogP) is 2.93. The number of aromatic nitrogens is 1. The molecule has 0 aliphatic heterocycles. The van der Waals surface area contributed by atoms with Crippen LogP contribution in [-0.4, -0.2) is 18.2 Å². The quantitative estimate of drug-likeness (QED) is 0.859. The summed E-state index contributed by atoms with van der Waals surface area (Å²) in [6.45, 7) is 0. The highest BCUT2D eigenvalue weighted by Gasteiger charge is 2.02. The smallest absolute Gasteiger partial charge is 0.411 e. The molecule has 0 radical (unpaired) electrons. The zero-order valence-corrected chi connectivity index (χ0v) is 9.38. The molecule has 0 fully saturated rings. The first kappa shape index (κ1) is 11.1. The number of nitrogens with one attached hydrogen (secondary N) is 1. The highest BCUT2D eigenvalue weighted by atomic mass is 16.5. The number of carbonyl (C=O) groups is 1. The largest absolute Gasteiger partial charge is 0.453 e. The fourth-order valence-corrected chi connectivity index (χ4v) is 1.42. The van der Waals surface area contributed by atoms with E-state index in [2.05, 4.69) is 15.0 Å². The minimum Gasteiger partial charge on any atom is -0.453 e. The van der Waals surface area contributed by atoms with Crippen molar-refractivity contribution in [2.75, 3.05) is 12.4 Å². The monoisotopic (exact) mass is 228 g/mol. The SMILES string of the molecule is COC(=O)Nc1ccc(-c2ccccc2)nc1. The molecule has 0 bridgehead atoms. The Bertz CT molecular complexity index is 495. The molecule has 4 nitrogen and oxygen atoms in total. The molecule has 0 atom stereocenters. The van der Waals surface area contributed by atoms with E-state index in [1.165, 1.54) is 7.11 Å². The summed E-state index contributed by atoms with van der Waals surface area (Å²) >= 11 is 0. The maximum atomic E-state index is 11.0. The van der Waals surface area contributed by atoms with Crippen LogP contribution in [0.25, 0.3) is 11.3 Å². The van der Waals surface area contributed by atoms with E-state index in [1.807, 2.05) is 36.4 Å². The van der Waals surface area contributed by atoms with Gasteiger partial charge in [0.2, 0.25) is 0 Å². The number of hydrogen-bond acceptors (Lipinski definition) is 3. The summed E-state index contributed by atoms with van der Waals surface area (Å²) in [4.78, 5) is 15.2. The summed E-state index contributed by atoms with van der Waals surface area (Å²) in [6, 6.07) is 13.5. The number of rotatable bonds is 2. The van der Waals surface area contributed by atoms with Crippen molar-refractivity contribution in [2.24, 2.45) is 0 Å². The van der Waals surface area contributed by atoms with Gasteiger partial charge in [-0.25, -0.2) is 4.79 Å².